The molecule has 0 saturated heterocycles. The van der Waals surface area contributed by atoms with Crippen LogP contribution in [0.1, 0.15) is 29.7 Å². The van der Waals surface area contributed by atoms with Crippen molar-refractivity contribution in [3.05, 3.63) is 41.0 Å². The van der Waals surface area contributed by atoms with Crippen LogP contribution < -0.4 is 9.47 Å². The van der Waals surface area contributed by atoms with Gasteiger partial charge < -0.3 is 9.47 Å². The number of hydrogen-bond donors (Lipinski definition) is 0. The molecule has 23 heavy (non-hydrogen) atoms. The Morgan fingerprint density at radius 2 is 1.91 bits per heavy atom. The van der Waals surface area contributed by atoms with Crippen molar-refractivity contribution in [2.45, 2.75) is 32.1 Å². The Kier molecular flexibility index (Phi) is 3.87. The monoisotopic (exact) mass is 326 g/mol. The highest BCUT2D eigenvalue weighted by Crippen LogP contribution is 2.39. The highest BCUT2D eigenvalue weighted by Gasteiger charge is 2.20. The number of aromatic nitrogens is 2. The highest BCUT2D eigenvalue weighted by atomic mass is 32.1. The summed E-state index contributed by atoms with van der Waals surface area (Å²) in [5, 5.41) is 1.09. The molecule has 0 fully saturated rings. The topological polar surface area (TPSA) is 44.2 Å². The molecule has 0 amide bonds. The van der Waals surface area contributed by atoms with Crippen LogP contribution in [0.5, 0.6) is 17.4 Å². The molecule has 1 aliphatic rings. The van der Waals surface area contributed by atoms with Crippen molar-refractivity contribution in [2.24, 2.45) is 0 Å². The third-order valence-corrected chi connectivity index (χ3v) is 5.42. The van der Waals surface area contributed by atoms with Crippen LogP contribution in [0.15, 0.2) is 30.6 Å². The molecule has 3 aromatic rings. The second-order valence-corrected chi connectivity index (χ2v) is 6.79. The van der Waals surface area contributed by atoms with Crippen molar-refractivity contribution < 1.29 is 9.47 Å². The Bertz CT molecular complexity index is 844. The maximum Gasteiger partial charge on any atom is 0.231 e. The van der Waals surface area contributed by atoms with Gasteiger partial charge in [0.15, 0.2) is 0 Å². The minimum absolute atomic E-state index is 0.655. The van der Waals surface area contributed by atoms with Crippen molar-refractivity contribution in [3.8, 4) is 17.4 Å². The Labute approximate surface area is 139 Å². The third kappa shape index (κ3) is 2.77. The first kappa shape index (κ1) is 14.5. The number of benzene rings is 1. The van der Waals surface area contributed by atoms with Gasteiger partial charge in [-0.2, -0.15) is 0 Å². The van der Waals surface area contributed by atoms with Gasteiger partial charge in [-0.25, -0.2) is 9.97 Å². The molecular formula is C18H18N2O2S. The Morgan fingerprint density at radius 3 is 2.83 bits per heavy atom. The SMILES string of the molecule is COc1cccc(Oc2ncnc3sc4c(c23)CCCCC4)c1. The zero-order chi connectivity index (χ0) is 15.6. The first-order valence-corrected chi connectivity index (χ1v) is 8.74. The fourth-order valence-corrected chi connectivity index (χ4v) is 4.31. The fourth-order valence-electron chi connectivity index (χ4n) is 3.09. The summed E-state index contributed by atoms with van der Waals surface area (Å²) < 4.78 is 11.3. The van der Waals surface area contributed by atoms with Gasteiger partial charge in [0.2, 0.25) is 5.88 Å². The van der Waals surface area contributed by atoms with Gasteiger partial charge in [-0.3, -0.25) is 0 Å². The molecule has 1 aliphatic carbocycles. The third-order valence-electron chi connectivity index (χ3n) is 4.22. The summed E-state index contributed by atoms with van der Waals surface area (Å²) in [4.78, 5) is 11.3. The van der Waals surface area contributed by atoms with Crippen LogP contribution in [0, 0.1) is 0 Å². The number of nitrogens with zero attached hydrogens (tertiary/aromatic N) is 2. The molecule has 118 valence electrons. The van der Waals surface area contributed by atoms with Crippen LogP contribution in [0.2, 0.25) is 0 Å². The average Bonchev–Trinajstić information content (AvgIpc) is 2.78. The second-order valence-electron chi connectivity index (χ2n) is 5.70. The van der Waals surface area contributed by atoms with Crippen LogP contribution in [-0.2, 0) is 12.8 Å². The molecule has 5 heteroatoms. The molecule has 0 aliphatic heterocycles. The molecule has 0 unspecified atom stereocenters. The summed E-state index contributed by atoms with van der Waals surface area (Å²) in [6.07, 6.45) is 7.62. The number of fused-ring (bicyclic) bond motifs is 3. The van der Waals surface area contributed by atoms with Gasteiger partial charge in [0.25, 0.3) is 0 Å². The maximum atomic E-state index is 6.07. The van der Waals surface area contributed by atoms with E-state index in [1.165, 1.54) is 29.7 Å². The van der Waals surface area contributed by atoms with Crippen molar-refractivity contribution in [1.82, 2.24) is 9.97 Å². The predicted molar refractivity (Wildman–Crippen MR) is 91.7 cm³/mol. The number of methoxy groups -OCH3 is 1. The Morgan fingerprint density at radius 1 is 1.04 bits per heavy atom. The predicted octanol–water partition coefficient (Wildman–Crippen LogP) is 4.76. The van der Waals surface area contributed by atoms with E-state index < -0.39 is 0 Å². The van der Waals surface area contributed by atoms with E-state index in [1.807, 2.05) is 24.3 Å². The lowest BCUT2D eigenvalue weighted by Crippen LogP contribution is -1.93. The summed E-state index contributed by atoms with van der Waals surface area (Å²) in [6, 6.07) is 7.61. The van der Waals surface area contributed by atoms with Gasteiger partial charge in [0, 0.05) is 10.9 Å². The van der Waals surface area contributed by atoms with Crippen molar-refractivity contribution >= 4 is 21.6 Å². The normalized spacial score (nSPS) is 14.3. The molecule has 0 radical (unpaired) electrons. The van der Waals surface area contributed by atoms with E-state index in [-0.39, 0.29) is 0 Å². The van der Waals surface area contributed by atoms with E-state index in [1.54, 1.807) is 24.8 Å². The van der Waals surface area contributed by atoms with Crippen LogP contribution in [-0.4, -0.2) is 17.1 Å². The maximum absolute atomic E-state index is 6.07. The van der Waals surface area contributed by atoms with Crippen LogP contribution in [0.25, 0.3) is 10.2 Å². The van der Waals surface area contributed by atoms with Gasteiger partial charge in [-0.15, -0.1) is 11.3 Å². The van der Waals surface area contributed by atoms with E-state index in [9.17, 15) is 0 Å². The van der Waals surface area contributed by atoms with Gasteiger partial charge in [-0.05, 0) is 43.4 Å². The summed E-state index contributed by atoms with van der Waals surface area (Å²) in [5.41, 5.74) is 1.39. The van der Waals surface area contributed by atoms with Gasteiger partial charge in [0.05, 0.1) is 12.5 Å². The molecule has 2 heterocycles. The molecule has 0 atom stereocenters. The number of ether oxygens (including phenoxy) is 2. The van der Waals surface area contributed by atoms with Crippen molar-refractivity contribution in [3.63, 3.8) is 0 Å². The largest absolute Gasteiger partial charge is 0.497 e. The lowest BCUT2D eigenvalue weighted by molar-refractivity contribution is 0.408. The highest BCUT2D eigenvalue weighted by molar-refractivity contribution is 7.18. The minimum Gasteiger partial charge on any atom is -0.497 e. The van der Waals surface area contributed by atoms with E-state index >= 15 is 0 Å². The van der Waals surface area contributed by atoms with Crippen LogP contribution >= 0.6 is 11.3 Å². The Balaban J connectivity index is 1.78. The van der Waals surface area contributed by atoms with E-state index in [2.05, 4.69) is 9.97 Å². The lowest BCUT2D eigenvalue weighted by atomic mass is 10.1. The second kappa shape index (κ2) is 6.16. The van der Waals surface area contributed by atoms with Gasteiger partial charge in [-0.1, -0.05) is 12.5 Å². The minimum atomic E-state index is 0.655. The first-order chi connectivity index (χ1) is 11.3. The van der Waals surface area contributed by atoms with Crippen molar-refractivity contribution in [2.75, 3.05) is 7.11 Å². The zero-order valence-corrected chi connectivity index (χ0v) is 13.9. The van der Waals surface area contributed by atoms with Crippen LogP contribution in [0.4, 0.5) is 0 Å². The molecule has 4 nitrogen and oxygen atoms in total. The van der Waals surface area contributed by atoms with Crippen LogP contribution in [0.3, 0.4) is 0 Å². The summed E-state index contributed by atoms with van der Waals surface area (Å²) in [5.74, 6) is 2.16. The molecule has 1 aromatic carbocycles. The van der Waals surface area contributed by atoms with Crippen molar-refractivity contribution in [1.29, 1.82) is 0 Å². The zero-order valence-electron chi connectivity index (χ0n) is 13.0. The molecule has 2 aromatic heterocycles. The van der Waals surface area contributed by atoms with E-state index in [0.717, 1.165) is 34.6 Å². The molecular weight excluding hydrogens is 308 g/mol. The van der Waals surface area contributed by atoms with Gasteiger partial charge >= 0.3 is 0 Å². The lowest BCUT2D eigenvalue weighted by Gasteiger charge is -2.08. The van der Waals surface area contributed by atoms with E-state index in [0.29, 0.717) is 5.88 Å². The first-order valence-electron chi connectivity index (χ1n) is 7.92. The molecule has 4 rings (SSSR count). The summed E-state index contributed by atoms with van der Waals surface area (Å²) >= 11 is 1.79. The average molecular weight is 326 g/mol. The van der Waals surface area contributed by atoms with E-state index in [4.69, 9.17) is 9.47 Å². The Hall–Kier alpha value is -2.14. The smallest absolute Gasteiger partial charge is 0.231 e. The standard InChI is InChI=1S/C18H18N2O2S/c1-21-12-6-5-7-13(10-12)22-17-16-14-8-3-2-4-9-15(14)23-18(16)20-11-19-17/h5-7,10-11H,2-4,8-9H2,1H3. The summed E-state index contributed by atoms with van der Waals surface area (Å²) in [6.45, 7) is 0. The number of hydrogen-bond acceptors (Lipinski definition) is 5. The van der Waals surface area contributed by atoms with Gasteiger partial charge in [0.1, 0.15) is 22.7 Å². The molecule has 0 N–H and O–H groups in total. The molecule has 0 bridgehead atoms. The molecule has 0 spiro atoms. The number of thiophene rings is 1. The number of aryl methyl sites for hydroxylation is 2. The fraction of sp³-hybridized carbons (Fsp3) is 0.333. The number of rotatable bonds is 3. The summed E-state index contributed by atoms with van der Waals surface area (Å²) in [7, 11) is 1.65. The molecule has 0 saturated carbocycles. The quantitative estimate of drug-likeness (QED) is 0.651.